The smallest absolute Gasteiger partial charge is 0.0613 e. The highest BCUT2D eigenvalue weighted by Crippen LogP contribution is 2.25. The molecule has 1 heterocycles. The molecule has 1 fully saturated rings. The molecule has 0 aliphatic carbocycles. The van der Waals surface area contributed by atoms with Crippen LogP contribution < -0.4 is 11.1 Å². The average molecular weight is 276 g/mol. The second-order valence-corrected chi connectivity index (χ2v) is 6.50. The topological polar surface area (TPSA) is 47.3 Å². The summed E-state index contributed by atoms with van der Waals surface area (Å²) in [7, 11) is 0. The van der Waals surface area contributed by atoms with Crippen molar-refractivity contribution >= 4 is 5.69 Å². The minimum atomic E-state index is 0.120. The van der Waals surface area contributed by atoms with Crippen LogP contribution in [0, 0.1) is 5.92 Å². The Bertz CT molecular complexity index is 414. The minimum Gasteiger partial charge on any atom is -0.399 e. The molecule has 3 nitrogen and oxygen atoms in total. The fraction of sp³-hybridized carbons (Fsp3) is 0.647. The molecule has 0 saturated carbocycles. The van der Waals surface area contributed by atoms with E-state index < -0.39 is 0 Å². The zero-order valence-corrected chi connectivity index (χ0v) is 13.0. The first kappa shape index (κ1) is 15.3. The molecular formula is C17H28N2O. The van der Waals surface area contributed by atoms with E-state index in [0.717, 1.165) is 31.8 Å². The van der Waals surface area contributed by atoms with E-state index in [0.29, 0.717) is 12.0 Å². The van der Waals surface area contributed by atoms with Gasteiger partial charge in [0.05, 0.1) is 6.10 Å². The van der Waals surface area contributed by atoms with Crippen molar-refractivity contribution in [2.75, 3.05) is 25.4 Å². The Morgan fingerprint density at radius 3 is 2.65 bits per heavy atom. The lowest BCUT2D eigenvalue weighted by atomic mass is 9.84. The van der Waals surface area contributed by atoms with Crippen molar-refractivity contribution < 1.29 is 4.74 Å². The number of hydrogen-bond acceptors (Lipinski definition) is 3. The number of nitrogen functional groups attached to an aromatic ring is 1. The Balaban J connectivity index is 1.84. The van der Waals surface area contributed by atoms with Gasteiger partial charge in [0.2, 0.25) is 0 Å². The lowest BCUT2D eigenvalue weighted by molar-refractivity contribution is 0.0870. The molecule has 0 aromatic heterocycles. The van der Waals surface area contributed by atoms with E-state index in [4.69, 9.17) is 10.5 Å². The number of rotatable bonds is 6. The van der Waals surface area contributed by atoms with Gasteiger partial charge in [0.15, 0.2) is 0 Å². The van der Waals surface area contributed by atoms with Gasteiger partial charge in [-0.25, -0.2) is 0 Å². The Hall–Kier alpha value is -1.06. The molecular weight excluding hydrogens is 248 g/mol. The van der Waals surface area contributed by atoms with E-state index >= 15 is 0 Å². The Kier molecular flexibility index (Phi) is 5.06. The average Bonchev–Trinajstić information content (AvgIpc) is 2.86. The van der Waals surface area contributed by atoms with Crippen LogP contribution in [0.15, 0.2) is 24.3 Å². The molecule has 0 amide bonds. The van der Waals surface area contributed by atoms with Crippen LogP contribution in [0.25, 0.3) is 0 Å². The van der Waals surface area contributed by atoms with E-state index in [1.807, 2.05) is 12.1 Å². The normalized spacial score (nSPS) is 23.1. The summed E-state index contributed by atoms with van der Waals surface area (Å²) >= 11 is 0. The lowest BCUT2D eigenvalue weighted by Gasteiger charge is -2.27. The predicted octanol–water partition coefficient (Wildman–Crippen LogP) is 2.95. The van der Waals surface area contributed by atoms with Crippen LogP contribution in [0.4, 0.5) is 5.69 Å². The van der Waals surface area contributed by atoms with Crippen molar-refractivity contribution in [3.8, 4) is 0 Å². The number of ether oxygens (including phenoxy) is 1. The SMILES string of the molecule is CCC1OCCC1CNCC(C)(C)c1ccc(N)cc1. The molecule has 112 valence electrons. The third kappa shape index (κ3) is 3.74. The third-order valence-electron chi connectivity index (χ3n) is 4.41. The standard InChI is InChI=1S/C17H28N2O/c1-4-16-13(9-10-20-16)11-19-12-17(2,3)14-5-7-15(18)8-6-14/h5-8,13,16,19H,4,9-12,18H2,1-3H3. The molecule has 2 rings (SSSR count). The summed E-state index contributed by atoms with van der Waals surface area (Å²) < 4.78 is 5.74. The van der Waals surface area contributed by atoms with Crippen molar-refractivity contribution in [2.24, 2.45) is 5.92 Å². The van der Waals surface area contributed by atoms with E-state index in [1.54, 1.807) is 0 Å². The summed E-state index contributed by atoms with van der Waals surface area (Å²) in [6, 6.07) is 8.22. The molecule has 2 unspecified atom stereocenters. The zero-order valence-electron chi connectivity index (χ0n) is 13.0. The van der Waals surface area contributed by atoms with E-state index in [2.05, 4.69) is 38.2 Å². The molecule has 1 aliphatic rings. The third-order valence-corrected chi connectivity index (χ3v) is 4.41. The number of nitrogens with one attached hydrogen (secondary N) is 1. The first-order valence-corrected chi connectivity index (χ1v) is 7.71. The molecule has 20 heavy (non-hydrogen) atoms. The number of hydrogen-bond donors (Lipinski definition) is 2. The molecule has 1 saturated heterocycles. The maximum absolute atomic E-state index is 5.75. The Labute approximate surface area is 122 Å². The fourth-order valence-electron chi connectivity index (χ4n) is 2.98. The summed E-state index contributed by atoms with van der Waals surface area (Å²) in [5.41, 5.74) is 8.03. The van der Waals surface area contributed by atoms with Gasteiger partial charge in [0.25, 0.3) is 0 Å². The van der Waals surface area contributed by atoms with Gasteiger partial charge in [-0.2, -0.15) is 0 Å². The van der Waals surface area contributed by atoms with Gasteiger partial charge >= 0.3 is 0 Å². The highest BCUT2D eigenvalue weighted by Gasteiger charge is 2.27. The van der Waals surface area contributed by atoms with Crippen molar-refractivity contribution in [1.29, 1.82) is 0 Å². The van der Waals surface area contributed by atoms with Crippen LogP contribution in [0.3, 0.4) is 0 Å². The zero-order chi connectivity index (χ0) is 14.6. The second kappa shape index (κ2) is 6.59. The van der Waals surface area contributed by atoms with E-state index in [1.165, 1.54) is 12.0 Å². The van der Waals surface area contributed by atoms with Crippen LogP contribution in [-0.2, 0) is 10.2 Å². The molecule has 2 atom stereocenters. The van der Waals surface area contributed by atoms with Gasteiger partial charge in [-0.3, -0.25) is 0 Å². The van der Waals surface area contributed by atoms with Gasteiger partial charge in [0, 0.05) is 30.8 Å². The van der Waals surface area contributed by atoms with Crippen molar-refractivity contribution in [1.82, 2.24) is 5.32 Å². The van der Waals surface area contributed by atoms with Crippen molar-refractivity contribution in [3.63, 3.8) is 0 Å². The van der Waals surface area contributed by atoms with Crippen molar-refractivity contribution in [2.45, 2.75) is 45.1 Å². The molecule has 3 heteroatoms. The minimum absolute atomic E-state index is 0.120. The number of nitrogens with two attached hydrogens (primary N) is 1. The van der Waals surface area contributed by atoms with Crippen LogP contribution in [-0.4, -0.2) is 25.8 Å². The maximum atomic E-state index is 5.75. The summed E-state index contributed by atoms with van der Waals surface area (Å²) in [4.78, 5) is 0. The van der Waals surface area contributed by atoms with Crippen LogP contribution in [0.2, 0.25) is 0 Å². The van der Waals surface area contributed by atoms with Crippen LogP contribution in [0.1, 0.15) is 39.2 Å². The Morgan fingerprint density at radius 2 is 2.00 bits per heavy atom. The monoisotopic (exact) mass is 276 g/mol. The van der Waals surface area contributed by atoms with Gasteiger partial charge < -0.3 is 15.8 Å². The Morgan fingerprint density at radius 1 is 1.30 bits per heavy atom. The first-order chi connectivity index (χ1) is 9.53. The molecule has 0 radical (unpaired) electrons. The molecule has 1 aromatic rings. The molecule has 0 bridgehead atoms. The predicted molar refractivity (Wildman–Crippen MR) is 84.9 cm³/mol. The van der Waals surface area contributed by atoms with E-state index in [9.17, 15) is 0 Å². The molecule has 3 N–H and O–H groups in total. The molecule has 0 spiro atoms. The lowest BCUT2D eigenvalue weighted by Crippen LogP contribution is -2.37. The highest BCUT2D eigenvalue weighted by atomic mass is 16.5. The van der Waals surface area contributed by atoms with Gasteiger partial charge in [-0.1, -0.05) is 32.9 Å². The number of anilines is 1. The maximum Gasteiger partial charge on any atom is 0.0613 e. The first-order valence-electron chi connectivity index (χ1n) is 7.71. The van der Waals surface area contributed by atoms with Gasteiger partial charge in [0.1, 0.15) is 0 Å². The largest absolute Gasteiger partial charge is 0.399 e. The summed E-state index contributed by atoms with van der Waals surface area (Å²) in [6.07, 6.45) is 2.75. The molecule has 1 aliphatic heterocycles. The summed E-state index contributed by atoms with van der Waals surface area (Å²) in [5, 5.41) is 3.63. The van der Waals surface area contributed by atoms with Crippen molar-refractivity contribution in [3.05, 3.63) is 29.8 Å². The van der Waals surface area contributed by atoms with Crippen LogP contribution >= 0.6 is 0 Å². The summed E-state index contributed by atoms with van der Waals surface area (Å²) in [6.45, 7) is 9.70. The van der Waals surface area contributed by atoms with Gasteiger partial charge in [-0.05, 0) is 36.5 Å². The summed E-state index contributed by atoms with van der Waals surface area (Å²) in [5.74, 6) is 0.669. The van der Waals surface area contributed by atoms with Gasteiger partial charge in [-0.15, -0.1) is 0 Å². The quantitative estimate of drug-likeness (QED) is 0.785. The molecule has 1 aromatic carbocycles. The number of benzene rings is 1. The highest BCUT2D eigenvalue weighted by molar-refractivity contribution is 5.41. The van der Waals surface area contributed by atoms with E-state index in [-0.39, 0.29) is 5.41 Å². The fourth-order valence-corrected chi connectivity index (χ4v) is 2.98. The van der Waals surface area contributed by atoms with Crippen LogP contribution in [0.5, 0.6) is 0 Å². The second-order valence-electron chi connectivity index (χ2n) is 6.50.